The normalized spacial score (nSPS) is 16.7. The van der Waals surface area contributed by atoms with E-state index in [4.69, 9.17) is 5.73 Å². The SMILES string of the molecule is Cc1ccc2c(c1)C(CN)c1cccc(O)c1-2. The van der Waals surface area contributed by atoms with Crippen molar-refractivity contribution in [2.75, 3.05) is 6.54 Å². The van der Waals surface area contributed by atoms with Gasteiger partial charge in [-0.25, -0.2) is 0 Å². The van der Waals surface area contributed by atoms with Crippen LogP contribution in [0.1, 0.15) is 22.6 Å². The van der Waals surface area contributed by atoms with Gasteiger partial charge in [0.1, 0.15) is 5.75 Å². The minimum Gasteiger partial charge on any atom is -0.507 e. The summed E-state index contributed by atoms with van der Waals surface area (Å²) in [6, 6.07) is 12.0. The van der Waals surface area contributed by atoms with Crippen molar-refractivity contribution in [1.29, 1.82) is 0 Å². The molecule has 3 rings (SSSR count). The van der Waals surface area contributed by atoms with Crippen LogP contribution >= 0.6 is 0 Å². The van der Waals surface area contributed by atoms with Crippen LogP contribution in [0.25, 0.3) is 11.1 Å². The Bertz CT molecular complexity index is 589. The summed E-state index contributed by atoms with van der Waals surface area (Å²) in [4.78, 5) is 0. The van der Waals surface area contributed by atoms with E-state index in [2.05, 4.69) is 31.2 Å². The lowest BCUT2D eigenvalue weighted by Crippen LogP contribution is -2.11. The number of phenolic OH excluding ortho intramolecular Hbond substituents is 1. The fourth-order valence-corrected chi connectivity index (χ4v) is 2.76. The molecule has 0 aromatic heterocycles. The van der Waals surface area contributed by atoms with Gasteiger partial charge >= 0.3 is 0 Å². The van der Waals surface area contributed by atoms with E-state index in [0.717, 1.165) is 16.7 Å². The second kappa shape index (κ2) is 3.60. The summed E-state index contributed by atoms with van der Waals surface area (Å²) in [6.45, 7) is 2.66. The summed E-state index contributed by atoms with van der Waals surface area (Å²) in [5, 5.41) is 10.0. The quantitative estimate of drug-likeness (QED) is 0.784. The molecule has 2 aromatic rings. The van der Waals surface area contributed by atoms with Gasteiger partial charge in [-0.05, 0) is 29.7 Å². The Kier molecular flexibility index (Phi) is 2.20. The highest BCUT2D eigenvalue weighted by molar-refractivity contribution is 5.83. The van der Waals surface area contributed by atoms with Crippen LogP contribution in [0, 0.1) is 6.92 Å². The van der Waals surface area contributed by atoms with Crippen LogP contribution in [0.4, 0.5) is 0 Å². The highest BCUT2D eigenvalue weighted by Crippen LogP contribution is 2.48. The monoisotopic (exact) mass is 225 g/mol. The van der Waals surface area contributed by atoms with Crippen LogP contribution in [0.15, 0.2) is 36.4 Å². The van der Waals surface area contributed by atoms with E-state index in [1.807, 2.05) is 6.07 Å². The Morgan fingerprint density at radius 3 is 2.76 bits per heavy atom. The van der Waals surface area contributed by atoms with Crippen LogP contribution in [0.5, 0.6) is 5.75 Å². The fourth-order valence-electron chi connectivity index (χ4n) is 2.76. The molecule has 3 N–H and O–H groups in total. The van der Waals surface area contributed by atoms with Gasteiger partial charge in [-0.15, -0.1) is 0 Å². The number of hydrogen-bond donors (Lipinski definition) is 2. The number of nitrogens with two attached hydrogens (primary N) is 1. The zero-order chi connectivity index (χ0) is 12.0. The van der Waals surface area contributed by atoms with E-state index < -0.39 is 0 Å². The first-order valence-electron chi connectivity index (χ1n) is 5.85. The molecule has 0 amide bonds. The molecule has 1 unspecified atom stereocenters. The molecule has 0 saturated heterocycles. The summed E-state index contributed by atoms with van der Waals surface area (Å²) < 4.78 is 0. The lowest BCUT2D eigenvalue weighted by molar-refractivity contribution is 0.477. The standard InChI is InChI=1S/C15H15NO/c1-9-5-6-11-12(7-9)13(8-16)10-3-2-4-14(17)15(10)11/h2-7,13,17H,8,16H2,1H3. The van der Waals surface area contributed by atoms with Gasteiger partial charge in [0.05, 0.1) is 0 Å². The van der Waals surface area contributed by atoms with Gasteiger partial charge in [0.25, 0.3) is 0 Å². The molecule has 2 aromatic carbocycles. The predicted octanol–water partition coefficient (Wildman–Crippen LogP) is 2.77. The molecular weight excluding hydrogens is 210 g/mol. The third kappa shape index (κ3) is 1.38. The molecule has 0 fully saturated rings. The van der Waals surface area contributed by atoms with Crippen molar-refractivity contribution >= 4 is 0 Å². The third-order valence-electron chi connectivity index (χ3n) is 3.54. The summed E-state index contributed by atoms with van der Waals surface area (Å²) in [5.41, 5.74) is 11.6. The Hall–Kier alpha value is -1.80. The van der Waals surface area contributed by atoms with Crippen molar-refractivity contribution in [1.82, 2.24) is 0 Å². The van der Waals surface area contributed by atoms with Crippen molar-refractivity contribution in [3.05, 3.63) is 53.1 Å². The Morgan fingerprint density at radius 2 is 2.00 bits per heavy atom. The van der Waals surface area contributed by atoms with Gasteiger partial charge in [0.15, 0.2) is 0 Å². The molecule has 0 radical (unpaired) electrons. The van der Waals surface area contributed by atoms with Crippen molar-refractivity contribution in [2.45, 2.75) is 12.8 Å². The molecule has 86 valence electrons. The maximum absolute atomic E-state index is 10.0. The number of fused-ring (bicyclic) bond motifs is 3. The van der Waals surface area contributed by atoms with Crippen LogP contribution in [0.3, 0.4) is 0 Å². The highest BCUT2D eigenvalue weighted by atomic mass is 16.3. The summed E-state index contributed by atoms with van der Waals surface area (Å²) in [7, 11) is 0. The molecule has 0 aliphatic heterocycles. The first-order valence-corrected chi connectivity index (χ1v) is 5.85. The number of hydrogen-bond acceptors (Lipinski definition) is 2. The van der Waals surface area contributed by atoms with E-state index in [9.17, 15) is 5.11 Å². The molecule has 0 heterocycles. The Morgan fingerprint density at radius 1 is 1.18 bits per heavy atom. The predicted molar refractivity (Wildman–Crippen MR) is 69.2 cm³/mol. The minimum atomic E-state index is 0.215. The van der Waals surface area contributed by atoms with E-state index in [1.165, 1.54) is 11.1 Å². The highest BCUT2D eigenvalue weighted by Gasteiger charge is 2.29. The maximum Gasteiger partial charge on any atom is 0.123 e. The van der Waals surface area contributed by atoms with Crippen LogP contribution in [-0.2, 0) is 0 Å². The van der Waals surface area contributed by atoms with Gasteiger partial charge in [0.2, 0.25) is 0 Å². The lowest BCUT2D eigenvalue weighted by Gasteiger charge is -2.10. The first kappa shape index (κ1) is 10.4. The van der Waals surface area contributed by atoms with Gasteiger partial charge in [0, 0.05) is 18.0 Å². The molecule has 0 saturated carbocycles. The number of aryl methyl sites for hydroxylation is 1. The van der Waals surface area contributed by atoms with Crippen molar-refractivity contribution in [2.24, 2.45) is 5.73 Å². The molecule has 1 aliphatic rings. The number of rotatable bonds is 1. The molecule has 0 spiro atoms. The van der Waals surface area contributed by atoms with Crippen molar-refractivity contribution in [3.63, 3.8) is 0 Å². The number of aromatic hydroxyl groups is 1. The number of benzene rings is 2. The summed E-state index contributed by atoms with van der Waals surface area (Å²) in [6.07, 6.45) is 0. The van der Waals surface area contributed by atoms with Gasteiger partial charge in [-0.3, -0.25) is 0 Å². The zero-order valence-corrected chi connectivity index (χ0v) is 9.77. The Balaban J connectivity index is 2.34. The van der Waals surface area contributed by atoms with Gasteiger partial charge in [-0.1, -0.05) is 35.9 Å². The molecular formula is C15H15NO. The van der Waals surface area contributed by atoms with Gasteiger partial charge in [-0.2, -0.15) is 0 Å². The van der Waals surface area contributed by atoms with Crippen LogP contribution in [0.2, 0.25) is 0 Å². The molecule has 1 aliphatic carbocycles. The van der Waals surface area contributed by atoms with E-state index >= 15 is 0 Å². The smallest absolute Gasteiger partial charge is 0.123 e. The maximum atomic E-state index is 10.0. The molecule has 17 heavy (non-hydrogen) atoms. The van der Waals surface area contributed by atoms with Crippen molar-refractivity contribution < 1.29 is 5.11 Å². The molecule has 2 heteroatoms. The van der Waals surface area contributed by atoms with E-state index in [0.29, 0.717) is 12.3 Å². The minimum absolute atomic E-state index is 0.215. The number of phenols is 1. The summed E-state index contributed by atoms with van der Waals surface area (Å²) >= 11 is 0. The van der Waals surface area contributed by atoms with Gasteiger partial charge < -0.3 is 10.8 Å². The first-order chi connectivity index (χ1) is 8.22. The Labute approximate surface area is 101 Å². The van der Waals surface area contributed by atoms with Crippen molar-refractivity contribution in [3.8, 4) is 16.9 Å². The lowest BCUT2D eigenvalue weighted by atomic mass is 9.96. The molecule has 0 bridgehead atoms. The van der Waals surface area contributed by atoms with Crippen LogP contribution < -0.4 is 5.73 Å². The molecule has 2 nitrogen and oxygen atoms in total. The third-order valence-corrected chi connectivity index (χ3v) is 3.54. The second-order valence-corrected chi connectivity index (χ2v) is 4.62. The summed E-state index contributed by atoms with van der Waals surface area (Å²) in [5.74, 6) is 0.565. The van der Waals surface area contributed by atoms with E-state index in [-0.39, 0.29) is 5.92 Å². The average molecular weight is 225 g/mol. The fraction of sp³-hybridized carbons (Fsp3) is 0.200. The topological polar surface area (TPSA) is 46.2 Å². The second-order valence-electron chi connectivity index (χ2n) is 4.62. The molecule has 1 atom stereocenters. The zero-order valence-electron chi connectivity index (χ0n) is 9.77. The average Bonchev–Trinajstić information content (AvgIpc) is 2.63. The van der Waals surface area contributed by atoms with Crippen LogP contribution in [-0.4, -0.2) is 11.7 Å². The largest absolute Gasteiger partial charge is 0.507 e. The van der Waals surface area contributed by atoms with E-state index in [1.54, 1.807) is 6.07 Å².